The topological polar surface area (TPSA) is 0 Å². The molecule has 0 heterocycles. The Kier molecular flexibility index (Phi) is 2.99. The SMILES string of the molecule is CC1C=CCC(C)C2(CCCC2)CC1. The minimum atomic E-state index is 0.735. The van der Waals surface area contributed by atoms with Crippen molar-refractivity contribution >= 4 is 0 Å². The molecule has 1 fully saturated rings. The van der Waals surface area contributed by atoms with Crippen molar-refractivity contribution in [2.75, 3.05) is 0 Å². The predicted molar refractivity (Wildman–Crippen MR) is 62.2 cm³/mol. The van der Waals surface area contributed by atoms with Gasteiger partial charge in [-0.3, -0.25) is 0 Å². The lowest BCUT2D eigenvalue weighted by Gasteiger charge is -2.37. The van der Waals surface area contributed by atoms with Gasteiger partial charge in [0.25, 0.3) is 0 Å². The summed E-state index contributed by atoms with van der Waals surface area (Å²) in [4.78, 5) is 0. The zero-order chi connectivity index (χ0) is 10.0. The second kappa shape index (κ2) is 4.08. The Morgan fingerprint density at radius 2 is 1.79 bits per heavy atom. The van der Waals surface area contributed by atoms with Crippen molar-refractivity contribution < 1.29 is 0 Å². The summed E-state index contributed by atoms with van der Waals surface area (Å²) in [5, 5.41) is 0. The Balaban J connectivity index is 2.11. The van der Waals surface area contributed by atoms with Gasteiger partial charge in [-0.15, -0.1) is 0 Å². The molecule has 1 saturated carbocycles. The van der Waals surface area contributed by atoms with E-state index in [0.717, 1.165) is 17.3 Å². The van der Waals surface area contributed by atoms with E-state index in [9.17, 15) is 0 Å². The molecule has 1 spiro atoms. The van der Waals surface area contributed by atoms with Crippen LogP contribution in [0.1, 0.15) is 58.8 Å². The largest absolute Gasteiger partial charge is 0.0880 e. The van der Waals surface area contributed by atoms with Gasteiger partial charge in [0.05, 0.1) is 0 Å². The monoisotopic (exact) mass is 192 g/mol. The highest BCUT2D eigenvalue weighted by Gasteiger charge is 2.38. The normalized spacial score (nSPS) is 37.0. The molecule has 0 radical (unpaired) electrons. The third kappa shape index (κ3) is 1.89. The third-order valence-electron chi connectivity index (χ3n) is 4.70. The first-order valence-corrected chi connectivity index (χ1v) is 6.40. The smallest absolute Gasteiger partial charge is 0.0262 e. The van der Waals surface area contributed by atoms with Crippen molar-refractivity contribution in [1.29, 1.82) is 0 Å². The van der Waals surface area contributed by atoms with Crippen molar-refractivity contribution in [3.8, 4) is 0 Å². The van der Waals surface area contributed by atoms with Crippen LogP contribution in [-0.4, -0.2) is 0 Å². The maximum Gasteiger partial charge on any atom is -0.0262 e. The summed E-state index contributed by atoms with van der Waals surface area (Å²) in [6, 6.07) is 0. The molecule has 0 saturated heterocycles. The van der Waals surface area contributed by atoms with Gasteiger partial charge in [0.15, 0.2) is 0 Å². The van der Waals surface area contributed by atoms with Crippen molar-refractivity contribution in [2.45, 2.75) is 58.8 Å². The van der Waals surface area contributed by atoms with Gasteiger partial charge in [0.2, 0.25) is 0 Å². The van der Waals surface area contributed by atoms with E-state index in [1.54, 1.807) is 0 Å². The summed E-state index contributed by atoms with van der Waals surface area (Å²) in [6.45, 7) is 4.85. The zero-order valence-electron chi connectivity index (χ0n) is 9.76. The van der Waals surface area contributed by atoms with E-state index in [2.05, 4.69) is 26.0 Å². The molecule has 2 atom stereocenters. The third-order valence-corrected chi connectivity index (χ3v) is 4.70. The Hall–Kier alpha value is -0.260. The quantitative estimate of drug-likeness (QED) is 0.494. The lowest BCUT2D eigenvalue weighted by atomic mass is 9.68. The standard InChI is InChI=1S/C14H24/c1-12-6-5-7-13(2)14(11-8-12)9-3-4-10-14/h5-6,12-13H,3-4,7-11H2,1-2H3. The maximum absolute atomic E-state index is 2.48. The van der Waals surface area contributed by atoms with E-state index in [4.69, 9.17) is 0 Å². The highest BCUT2D eigenvalue weighted by atomic mass is 14.4. The molecule has 0 aromatic rings. The van der Waals surface area contributed by atoms with Gasteiger partial charge >= 0.3 is 0 Å². The van der Waals surface area contributed by atoms with E-state index in [1.165, 1.54) is 44.9 Å². The zero-order valence-corrected chi connectivity index (χ0v) is 9.76. The minimum absolute atomic E-state index is 0.735. The van der Waals surface area contributed by atoms with Crippen LogP contribution in [0.15, 0.2) is 12.2 Å². The maximum atomic E-state index is 2.48. The molecule has 0 nitrogen and oxygen atoms in total. The summed E-state index contributed by atoms with van der Waals surface area (Å²) in [5.74, 6) is 1.74. The van der Waals surface area contributed by atoms with Crippen molar-refractivity contribution in [2.24, 2.45) is 17.3 Å². The van der Waals surface area contributed by atoms with E-state index in [-0.39, 0.29) is 0 Å². The van der Waals surface area contributed by atoms with Crippen LogP contribution in [0.4, 0.5) is 0 Å². The summed E-state index contributed by atoms with van der Waals surface area (Å²) < 4.78 is 0. The van der Waals surface area contributed by atoms with E-state index < -0.39 is 0 Å². The molecule has 2 rings (SSSR count). The van der Waals surface area contributed by atoms with Crippen molar-refractivity contribution in [3.63, 3.8) is 0 Å². The minimum Gasteiger partial charge on any atom is -0.0880 e. The average molecular weight is 192 g/mol. The highest BCUT2D eigenvalue weighted by molar-refractivity contribution is 4.98. The lowest BCUT2D eigenvalue weighted by Crippen LogP contribution is -2.27. The Morgan fingerprint density at radius 1 is 1.07 bits per heavy atom. The molecular formula is C14H24. The first-order chi connectivity index (χ1) is 6.73. The van der Waals surface area contributed by atoms with Crippen LogP contribution >= 0.6 is 0 Å². The van der Waals surface area contributed by atoms with Gasteiger partial charge in [-0.2, -0.15) is 0 Å². The molecule has 0 heteroatoms. The van der Waals surface area contributed by atoms with E-state index in [1.807, 2.05) is 0 Å². The molecule has 2 unspecified atom stereocenters. The molecule has 14 heavy (non-hydrogen) atoms. The second-order valence-electron chi connectivity index (χ2n) is 5.65. The second-order valence-corrected chi connectivity index (χ2v) is 5.65. The fourth-order valence-electron chi connectivity index (χ4n) is 3.44. The molecule has 0 N–H and O–H groups in total. The number of rotatable bonds is 0. The van der Waals surface area contributed by atoms with Crippen LogP contribution in [0, 0.1) is 17.3 Å². The summed E-state index contributed by atoms with van der Waals surface area (Å²) in [5.41, 5.74) is 0.735. The molecule has 0 bridgehead atoms. The van der Waals surface area contributed by atoms with Gasteiger partial charge in [-0.05, 0) is 49.4 Å². The van der Waals surface area contributed by atoms with Crippen LogP contribution in [0.25, 0.3) is 0 Å². The summed E-state index contributed by atoms with van der Waals surface area (Å²) in [6.07, 6.45) is 15.1. The molecule has 0 aromatic carbocycles. The number of hydrogen-bond donors (Lipinski definition) is 0. The van der Waals surface area contributed by atoms with Gasteiger partial charge in [0.1, 0.15) is 0 Å². The molecule has 0 amide bonds. The lowest BCUT2D eigenvalue weighted by molar-refractivity contribution is 0.152. The van der Waals surface area contributed by atoms with Crippen LogP contribution in [0.2, 0.25) is 0 Å². The van der Waals surface area contributed by atoms with Crippen LogP contribution in [-0.2, 0) is 0 Å². The predicted octanol–water partition coefficient (Wildman–Crippen LogP) is 4.56. The van der Waals surface area contributed by atoms with Gasteiger partial charge in [-0.25, -0.2) is 0 Å². The summed E-state index contributed by atoms with van der Waals surface area (Å²) >= 11 is 0. The van der Waals surface area contributed by atoms with Crippen LogP contribution in [0.3, 0.4) is 0 Å². The van der Waals surface area contributed by atoms with Crippen molar-refractivity contribution in [1.82, 2.24) is 0 Å². The number of allylic oxidation sites excluding steroid dienone is 2. The average Bonchev–Trinajstić information content (AvgIpc) is 2.63. The Labute approximate surface area is 88.8 Å². The fourth-order valence-corrected chi connectivity index (χ4v) is 3.44. The van der Waals surface area contributed by atoms with Crippen LogP contribution < -0.4 is 0 Å². The Morgan fingerprint density at radius 3 is 2.50 bits per heavy atom. The first-order valence-electron chi connectivity index (χ1n) is 6.40. The van der Waals surface area contributed by atoms with E-state index >= 15 is 0 Å². The number of hydrogen-bond acceptors (Lipinski definition) is 0. The molecule has 80 valence electrons. The highest BCUT2D eigenvalue weighted by Crippen LogP contribution is 2.50. The van der Waals surface area contributed by atoms with Crippen molar-refractivity contribution in [3.05, 3.63) is 12.2 Å². The Bertz CT molecular complexity index is 208. The first kappa shape index (κ1) is 10.3. The molecular weight excluding hydrogens is 168 g/mol. The molecule has 2 aliphatic carbocycles. The molecule has 2 aliphatic rings. The molecule has 0 aliphatic heterocycles. The van der Waals surface area contributed by atoms with E-state index in [0.29, 0.717) is 0 Å². The summed E-state index contributed by atoms with van der Waals surface area (Å²) in [7, 11) is 0. The van der Waals surface area contributed by atoms with Crippen LogP contribution in [0.5, 0.6) is 0 Å². The fraction of sp³-hybridized carbons (Fsp3) is 0.857. The van der Waals surface area contributed by atoms with Gasteiger partial charge in [0, 0.05) is 0 Å². The van der Waals surface area contributed by atoms with Gasteiger partial charge < -0.3 is 0 Å². The molecule has 0 aromatic heterocycles. The van der Waals surface area contributed by atoms with Gasteiger partial charge in [-0.1, -0.05) is 38.8 Å².